The fraction of sp³-hybridized carbons (Fsp3) is 0.417. The van der Waals surface area contributed by atoms with E-state index in [0.29, 0.717) is 32.5 Å². The molecular formula is C24H29N3O5. The highest BCUT2D eigenvalue weighted by Crippen LogP contribution is 2.20. The van der Waals surface area contributed by atoms with Gasteiger partial charge in [0.15, 0.2) is 0 Å². The molecule has 170 valence electrons. The molecule has 8 nitrogen and oxygen atoms in total. The largest absolute Gasteiger partial charge is 0.467 e. The zero-order valence-electron chi connectivity index (χ0n) is 18.5. The average Bonchev–Trinajstić information content (AvgIpc) is 2.83. The van der Waals surface area contributed by atoms with Crippen LogP contribution in [0.4, 0.5) is 0 Å². The Morgan fingerprint density at radius 1 is 1.09 bits per heavy atom. The van der Waals surface area contributed by atoms with Crippen molar-refractivity contribution in [2.24, 2.45) is 0 Å². The lowest BCUT2D eigenvalue weighted by Crippen LogP contribution is -2.50. The number of nitrogens with zero attached hydrogens (tertiary/aromatic N) is 2. The van der Waals surface area contributed by atoms with Gasteiger partial charge >= 0.3 is 5.97 Å². The van der Waals surface area contributed by atoms with Crippen LogP contribution in [0.1, 0.15) is 52.5 Å². The first-order valence-corrected chi connectivity index (χ1v) is 10.9. The molecule has 0 bridgehead atoms. The van der Waals surface area contributed by atoms with Gasteiger partial charge in [0.05, 0.1) is 7.11 Å². The number of methoxy groups -OCH3 is 1. The molecule has 0 radical (unpaired) electrons. The molecule has 1 saturated heterocycles. The van der Waals surface area contributed by atoms with Gasteiger partial charge in [-0.3, -0.25) is 14.4 Å². The van der Waals surface area contributed by atoms with E-state index in [1.807, 2.05) is 30.3 Å². The quantitative estimate of drug-likeness (QED) is 0.666. The molecule has 1 aromatic carbocycles. The summed E-state index contributed by atoms with van der Waals surface area (Å²) in [6.07, 6.45) is 5.65. The number of aromatic nitrogens is 1. The summed E-state index contributed by atoms with van der Waals surface area (Å²) >= 11 is 0. The minimum Gasteiger partial charge on any atom is -0.467 e. The van der Waals surface area contributed by atoms with Crippen molar-refractivity contribution >= 4 is 17.8 Å². The summed E-state index contributed by atoms with van der Waals surface area (Å²) in [4.78, 5) is 52.6. The van der Waals surface area contributed by atoms with E-state index >= 15 is 0 Å². The molecule has 8 heteroatoms. The van der Waals surface area contributed by atoms with E-state index in [2.05, 4.69) is 5.32 Å². The Morgan fingerprint density at radius 2 is 1.81 bits per heavy atom. The molecule has 3 rings (SSSR count). The highest BCUT2D eigenvalue weighted by Gasteiger charge is 2.35. The molecule has 1 aliphatic heterocycles. The highest BCUT2D eigenvalue weighted by molar-refractivity contribution is 6.00. The molecule has 1 atom stereocenters. The SMILES string of the molecule is CCNC(=O)c1cn(CCc2ccccc2)cc(C(=O)N2CCCCC2C(=O)OC)c1=O. The summed E-state index contributed by atoms with van der Waals surface area (Å²) in [7, 11) is 1.28. The second kappa shape index (κ2) is 10.7. The molecule has 1 fully saturated rings. The molecule has 32 heavy (non-hydrogen) atoms. The summed E-state index contributed by atoms with van der Waals surface area (Å²) in [5, 5.41) is 2.63. The number of esters is 1. The Kier molecular flexibility index (Phi) is 7.81. The van der Waals surface area contributed by atoms with Gasteiger partial charge in [-0.1, -0.05) is 30.3 Å². The van der Waals surface area contributed by atoms with Gasteiger partial charge in [-0.05, 0) is 38.2 Å². The molecule has 1 unspecified atom stereocenters. The van der Waals surface area contributed by atoms with Gasteiger partial charge in [-0.15, -0.1) is 0 Å². The highest BCUT2D eigenvalue weighted by atomic mass is 16.5. The third kappa shape index (κ3) is 5.25. The monoisotopic (exact) mass is 439 g/mol. The van der Waals surface area contributed by atoms with Crippen molar-refractivity contribution in [1.29, 1.82) is 0 Å². The molecular weight excluding hydrogens is 410 g/mol. The maximum Gasteiger partial charge on any atom is 0.328 e. The zero-order valence-corrected chi connectivity index (χ0v) is 18.5. The van der Waals surface area contributed by atoms with Gasteiger partial charge < -0.3 is 19.5 Å². The van der Waals surface area contributed by atoms with E-state index in [-0.39, 0.29) is 11.1 Å². The van der Waals surface area contributed by atoms with Gasteiger partial charge in [0.1, 0.15) is 17.2 Å². The number of amides is 2. The van der Waals surface area contributed by atoms with Crippen LogP contribution in [0.25, 0.3) is 0 Å². The number of piperidine rings is 1. The number of rotatable bonds is 7. The molecule has 2 heterocycles. The Hall–Kier alpha value is -3.42. The van der Waals surface area contributed by atoms with Crippen LogP contribution in [0.2, 0.25) is 0 Å². The number of pyridine rings is 1. The molecule has 2 amide bonds. The molecule has 1 N–H and O–H groups in total. The van der Waals surface area contributed by atoms with E-state index in [1.54, 1.807) is 11.5 Å². The Labute approximate surface area is 187 Å². The second-order valence-electron chi connectivity index (χ2n) is 7.78. The number of carbonyl (C=O) groups is 3. The van der Waals surface area contributed by atoms with Crippen LogP contribution in [0.5, 0.6) is 0 Å². The van der Waals surface area contributed by atoms with Gasteiger partial charge in [0, 0.05) is 32.0 Å². The average molecular weight is 440 g/mol. The van der Waals surface area contributed by atoms with Crippen molar-refractivity contribution in [1.82, 2.24) is 14.8 Å². The zero-order chi connectivity index (χ0) is 23.1. The first-order valence-electron chi connectivity index (χ1n) is 10.9. The van der Waals surface area contributed by atoms with Gasteiger partial charge in [-0.25, -0.2) is 4.79 Å². The van der Waals surface area contributed by atoms with Crippen molar-refractivity contribution in [3.05, 3.63) is 69.6 Å². The maximum absolute atomic E-state index is 13.4. The van der Waals surface area contributed by atoms with Gasteiger partial charge in [0.2, 0.25) is 5.43 Å². The van der Waals surface area contributed by atoms with Crippen molar-refractivity contribution in [3.8, 4) is 0 Å². The van der Waals surface area contributed by atoms with Crippen LogP contribution in [-0.2, 0) is 22.5 Å². The number of hydrogen-bond donors (Lipinski definition) is 1. The van der Waals surface area contributed by atoms with E-state index in [9.17, 15) is 19.2 Å². The predicted molar refractivity (Wildman–Crippen MR) is 120 cm³/mol. The predicted octanol–water partition coefficient (Wildman–Crippen LogP) is 2.01. The summed E-state index contributed by atoms with van der Waals surface area (Å²) < 4.78 is 6.56. The number of aryl methyl sites for hydroxylation is 2. The lowest BCUT2D eigenvalue weighted by molar-refractivity contribution is -0.147. The fourth-order valence-electron chi connectivity index (χ4n) is 3.94. The summed E-state index contributed by atoms with van der Waals surface area (Å²) in [5.74, 6) is -1.57. The minimum atomic E-state index is -0.730. The van der Waals surface area contributed by atoms with Crippen molar-refractivity contribution in [2.45, 2.75) is 45.2 Å². The second-order valence-corrected chi connectivity index (χ2v) is 7.78. The third-order valence-electron chi connectivity index (χ3n) is 5.63. The fourth-order valence-corrected chi connectivity index (χ4v) is 3.94. The number of hydrogen-bond acceptors (Lipinski definition) is 5. The van der Waals surface area contributed by atoms with E-state index < -0.39 is 29.3 Å². The lowest BCUT2D eigenvalue weighted by atomic mass is 10.0. The first kappa shape index (κ1) is 23.2. The molecule has 1 aliphatic rings. The molecule has 1 aromatic heterocycles. The van der Waals surface area contributed by atoms with E-state index in [0.717, 1.165) is 18.4 Å². The number of benzene rings is 1. The van der Waals surface area contributed by atoms with Crippen LogP contribution in [0.15, 0.2) is 47.5 Å². The molecule has 0 spiro atoms. The topological polar surface area (TPSA) is 97.7 Å². The number of likely N-dealkylation sites (tertiary alicyclic amines) is 1. The smallest absolute Gasteiger partial charge is 0.328 e. The van der Waals surface area contributed by atoms with Crippen LogP contribution in [-0.4, -0.2) is 53.5 Å². The summed E-state index contributed by atoms with van der Waals surface area (Å²) in [6.45, 7) is 2.96. The Balaban J connectivity index is 1.97. The Morgan fingerprint density at radius 3 is 2.50 bits per heavy atom. The van der Waals surface area contributed by atoms with Gasteiger partial charge in [0.25, 0.3) is 11.8 Å². The summed E-state index contributed by atoms with van der Waals surface area (Å²) in [5.41, 5.74) is 0.265. The van der Waals surface area contributed by atoms with Gasteiger partial charge in [-0.2, -0.15) is 0 Å². The minimum absolute atomic E-state index is 0.0858. The molecule has 0 saturated carbocycles. The summed E-state index contributed by atoms with van der Waals surface area (Å²) in [6, 6.07) is 9.08. The number of carbonyl (C=O) groups excluding carboxylic acids is 3. The standard InChI is InChI=1S/C24H29N3O5/c1-3-25-22(29)18-15-26(14-12-17-9-5-4-6-10-17)16-19(21(18)28)23(30)27-13-8-7-11-20(27)24(31)32-2/h4-6,9-10,15-16,20H,3,7-8,11-14H2,1-2H3,(H,25,29). The maximum atomic E-state index is 13.4. The van der Waals surface area contributed by atoms with E-state index in [4.69, 9.17) is 4.74 Å². The van der Waals surface area contributed by atoms with Crippen LogP contribution in [0.3, 0.4) is 0 Å². The lowest BCUT2D eigenvalue weighted by Gasteiger charge is -2.33. The normalized spacial score (nSPS) is 15.8. The van der Waals surface area contributed by atoms with Crippen LogP contribution in [0, 0.1) is 0 Å². The first-order chi connectivity index (χ1) is 15.5. The Bertz CT molecular complexity index is 1030. The van der Waals surface area contributed by atoms with Crippen LogP contribution < -0.4 is 10.7 Å². The van der Waals surface area contributed by atoms with Crippen molar-refractivity contribution in [3.63, 3.8) is 0 Å². The van der Waals surface area contributed by atoms with Crippen LogP contribution >= 0.6 is 0 Å². The molecule has 0 aliphatic carbocycles. The third-order valence-corrected chi connectivity index (χ3v) is 5.63. The number of ether oxygens (including phenoxy) is 1. The van der Waals surface area contributed by atoms with E-state index in [1.165, 1.54) is 24.4 Å². The van der Waals surface area contributed by atoms with Crippen molar-refractivity contribution < 1.29 is 19.1 Å². The van der Waals surface area contributed by atoms with Crippen molar-refractivity contribution in [2.75, 3.05) is 20.2 Å². The number of nitrogens with one attached hydrogen (secondary N) is 1. The molecule has 2 aromatic rings.